The molecule has 1 aromatic carbocycles. The number of nitrogens with two attached hydrogens (primary N) is 1. The van der Waals surface area contributed by atoms with Gasteiger partial charge in [0.2, 0.25) is 5.95 Å². The number of aromatic amines is 1. The van der Waals surface area contributed by atoms with E-state index in [0.717, 1.165) is 5.56 Å². The predicted octanol–water partition coefficient (Wildman–Crippen LogP) is 2.26. The second kappa shape index (κ2) is 4.40. The number of aromatic nitrogens is 4. The molecule has 19 heavy (non-hydrogen) atoms. The van der Waals surface area contributed by atoms with E-state index >= 15 is 0 Å². The van der Waals surface area contributed by atoms with E-state index < -0.39 is 0 Å². The van der Waals surface area contributed by atoms with Gasteiger partial charge in [-0.2, -0.15) is 4.98 Å². The van der Waals surface area contributed by atoms with Crippen LogP contribution in [0.2, 0.25) is 5.02 Å². The number of nitrogens with zero attached hydrogens (tertiary/aromatic N) is 3. The number of ether oxygens (including phenoxy) is 1. The first-order chi connectivity index (χ1) is 9.19. The largest absolute Gasteiger partial charge is 0.496 e. The van der Waals surface area contributed by atoms with E-state index in [1.54, 1.807) is 31.6 Å². The molecule has 2 aromatic heterocycles. The van der Waals surface area contributed by atoms with Crippen molar-refractivity contribution in [3.8, 4) is 17.0 Å². The van der Waals surface area contributed by atoms with Crippen molar-refractivity contribution in [2.24, 2.45) is 0 Å². The maximum Gasteiger partial charge on any atom is 0.222 e. The van der Waals surface area contributed by atoms with Crippen LogP contribution in [0, 0.1) is 0 Å². The lowest BCUT2D eigenvalue weighted by Crippen LogP contribution is -1.99. The van der Waals surface area contributed by atoms with E-state index in [2.05, 4.69) is 19.9 Å². The number of benzene rings is 1. The maximum atomic E-state index is 6.03. The Labute approximate surface area is 113 Å². The molecule has 0 aliphatic heterocycles. The van der Waals surface area contributed by atoms with Crippen molar-refractivity contribution in [1.82, 2.24) is 19.9 Å². The van der Waals surface area contributed by atoms with Gasteiger partial charge >= 0.3 is 0 Å². The highest BCUT2D eigenvalue weighted by atomic mass is 35.5. The van der Waals surface area contributed by atoms with Crippen molar-refractivity contribution in [2.75, 3.05) is 12.8 Å². The molecule has 0 bridgehead atoms. The molecule has 3 rings (SSSR count). The molecule has 3 N–H and O–H groups in total. The molecular formula is C12H10ClN5O. The first-order valence-corrected chi connectivity index (χ1v) is 5.87. The number of anilines is 1. The summed E-state index contributed by atoms with van der Waals surface area (Å²) in [7, 11) is 1.58. The van der Waals surface area contributed by atoms with Gasteiger partial charge in [0, 0.05) is 10.6 Å². The Morgan fingerprint density at radius 3 is 2.95 bits per heavy atom. The van der Waals surface area contributed by atoms with Gasteiger partial charge < -0.3 is 15.5 Å². The summed E-state index contributed by atoms with van der Waals surface area (Å²) in [6.07, 6.45) is 1.54. The van der Waals surface area contributed by atoms with E-state index in [1.807, 2.05) is 0 Å². The first kappa shape index (κ1) is 11.7. The van der Waals surface area contributed by atoms with E-state index in [9.17, 15) is 0 Å². The Kier molecular flexibility index (Phi) is 2.72. The van der Waals surface area contributed by atoms with Gasteiger partial charge in [0.1, 0.15) is 17.0 Å². The molecule has 0 aliphatic carbocycles. The van der Waals surface area contributed by atoms with Crippen molar-refractivity contribution in [2.45, 2.75) is 0 Å². The maximum absolute atomic E-state index is 6.03. The van der Waals surface area contributed by atoms with Crippen molar-refractivity contribution in [1.29, 1.82) is 0 Å². The van der Waals surface area contributed by atoms with E-state index in [4.69, 9.17) is 22.1 Å². The van der Waals surface area contributed by atoms with Crippen molar-refractivity contribution < 1.29 is 4.74 Å². The minimum absolute atomic E-state index is 0.150. The zero-order chi connectivity index (χ0) is 13.4. The summed E-state index contributed by atoms with van der Waals surface area (Å²) in [5.74, 6) is 0.801. The summed E-state index contributed by atoms with van der Waals surface area (Å²) in [6, 6.07) is 5.29. The standard InChI is InChI=1S/C12H10ClN5O/c1-19-8-3-2-6(13)4-7(8)9-10-11(16-5-15-10)18-12(14)17-9/h2-5H,1H3,(H3,14,15,16,17,18). The Morgan fingerprint density at radius 2 is 2.16 bits per heavy atom. The van der Waals surface area contributed by atoms with Gasteiger partial charge in [-0.05, 0) is 18.2 Å². The number of fused-ring (bicyclic) bond motifs is 1. The van der Waals surface area contributed by atoms with Gasteiger partial charge in [-0.15, -0.1) is 0 Å². The highest BCUT2D eigenvalue weighted by molar-refractivity contribution is 6.31. The summed E-state index contributed by atoms with van der Waals surface area (Å²) in [6.45, 7) is 0. The van der Waals surface area contributed by atoms with Crippen molar-refractivity contribution in [3.05, 3.63) is 29.5 Å². The number of rotatable bonds is 2. The minimum atomic E-state index is 0.150. The Morgan fingerprint density at radius 1 is 1.32 bits per heavy atom. The van der Waals surface area contributed by atoms with Crippen LogP contribution in [0.3, 0.4) is 0 Å². The zero-order valence-electron chi connectivity index (χ0n) is 10.0. The molecule has 0 radical (unpaired) electrons. The Balaban J connectivity index is 2.35. The molecular weight excluding hydrogens is 266 g/mol. The third kappa shape index (κ3) is 1.96. The molecule has 7 heteroatoms. The molecule has 0 amide bonds. The van der Waals surface area contributed by atoms with Crippen LogP contribution >= 0.6 is 11.6 Å². The quantitative estimate of drug-likeness (QED) is 0.749. The average Bonchev–Trinajstić information content (AvgIpc) is 2.85. The smallest absolute Gasteiger partial charge is 0.222 e. The second-order valence-corrected chi connectivity index (χ2v) is 4.31. The highest BCUT2D eigenvalue weighted by Crippen LogP contribution is 2.34. The SMILES string of the molecule is COc1ccc(Cl)cc1-c1nc(N)nc2nc[nH]c12. The van der Waals surface area contributed by atoms with Gasteiger partial charge in [0.15, 0.2) is 5.65 Å². The number of methoxy groups -OCH3 is 1. The summed E-state index contributed by atoms with van der Waals surface area (Å²) in [5, 5.41) is 0.584. The fraction of sp³-hybridized carbons (Fsp3) is 0.0833. The molecule has 2 heterocycles. The molecule has 6 nitrogen and oxygen atoms in total. The molecule has 0 saturated heterocycles. The minimum Gasteiger partial charge on any atom is -0.496 e. The van der Waals surface area contributed by atoms with E-state index in [0.29, 0.717) is 27.6 Å². The molecule has 96 valence electrons. The zero-order valence-corrected chi connectivity index (χ0v) is 10.8. The third-order valence-electron chi connectivity index (χ3n) is 2.72. The number of hydrogen-bond acceptors (Lipinski definition) is 5. The first-order valence-electron chi connectivity index (χ1n) is 5.49. The van der Waals surface area contributed by atoms with E-state index in [-0.39, 0.29) is 5.95 Å². The number of nitrogens with one attached hydrogen (secondary N) is 1. The van der Waals surface area contributed by atoms with Crippen LogP contribution in [0.25, 0.3) is 22.4 Å². The normalized spacial score (nSPS) is 10.8. The molecule has 0 atom stereocenters. The number of hydrogen-bond donors (Lipinski definition) is 2. The van der Waals surface area contributed by atoms with Gasteiger partial charge in [-0.1, -0.05) is 11.6 Å². The Hall–Kier alpha value is -2.34. The molecule has 0 spiro atoms. The molecule has 0 fully saturated rings. The lowest BCUT2D eigenvalue weighted by molar-refractivity contribution is 0.416. The fourth-order valence-electron chi connectivity index (χ4n) is 1.91. The van der Waals surface area contributed by atoms with Gasteiger partial charge in [-0.25, -0.2) is 9.97 Å². The van der Waals surface area contributed by atoms with Crippen LogP contribution in [-0.4, -0.2) is 27.0 Å². The van der Waals surface area contributed by atoms with Crippen LogP contribution in [0.4, 0.5) is 5.95 Å². The molecule has 0 saturated carbocycles. The average molecular weight is 276 g/mol. The molecule has 0 unspecified atom stereocenters. The lowest BCUT2D eigenvalue weighted by atomic mass is 10.1. The van der Waals surface area contributed by atoms with E-state index in [1.165, 1.54) is 0 Å². The van der Waals surface area contributed by atoms with Crippen molar-refractivity contribution >= 4 is 28.7 Å². The number of imidazole rings is 1. The number of halogens is 1. The Bertz CT molecular complexity index is 755. The fourth-order valence-corrected chi connectivity index (χ4v) is 2.08. The summed E-state index contributed by atoms with van der Waals surface area (Å²) in [4.78, 5) is 15.4. The van der Waals surface area contributed by atoms with Gasteiger partial charge in [-0.3, -0.25) is 0 Å². The van der Waals surface area contributed by atoms with Crippen LogP contribution in [0.1, 0.15) is 0 Å². The second-order valence-electron chi connectivity index (χ2n) is 3.88. The van der Waals surface area contributed by atoms with Crippen molar-refractivity contribution in [3.63, 3.8) is 0 Å². The highest BCUT2D eigenvalue weighted by Gasteiger charge is 2.15. The topological polar surface area (TPSA) is 89.7 Å². The monoisotopic (exact) mass is 275 g/mol. The van der Waals surface area contributed by atoms with Gasteiger partial charge in [0.25, 0.3) is 0 Å². The van der Waals surface area contributed by atoms with Crippen LogP contribution in [0.15, 0.2) is 24.5 Å². The number of nitrogen functional groups attached to an aromatic ring is 1. The predicted molar refractivity (Wildman–Crippen MR) is 73.1 cm³/mol. The summed E-state index contributed by atoms with van der Waals surface area (Å²) < 4.78 is 5.33. The lowest BCUT2D eigenvalue weighted by Gasteiger charge is -2.09. The number of H-pyrrole nitrogens is 1. The van der Waals surface area contributed by atoms with Crippen LogP contribution in [0.5, 0.6) is 5.75 Å². The van der Waals surface area contributed by atoms with Crippen LogP contribution < -0.4 is 10.5 Å². The summed E-state index contributed by atoms with van der Waals surface area (Å²) >= 11 is 6.03. The molecule has 3 aromatic rings. The van der Waals surface area contributed by atoms with Gasteiger partial charge in [0.05, 0.1) is 13.4 Å². The molecule has 0 aliphatic rings. The van der Waals surface area contributed by atoms with Crippen LogP contribution in [-0.2, 0) is 0 Å². The summed E-state index contributed by atoms with van der Waals surface area (Å²) in [5.41, 5.74) is 8.24. The third-order valence-corrected chi connectivity index (χ3v) is 2.95.